The van der Waals surface area contributed by atoms with E-state index < -0.39 is 0 Å². The van der Waals surface area contributed by atoms with E-state index in [0.29, 0.717) is 23.0 Å². The van der Waals surface area contributed by atoms with Gasteiger partial charge in [0, 0.05) is 22.8 Å². The SMILES string of the molecule is CC(C)c1cc(NC(=O)c2cc3cc(N)ccc3o2)n[nH]1. The molecule has 0 aliphatic rings. The zero-order valence-electron chi connectivity index (χ0n) is 11.8. The number of benzene rings is 1. The Bertz CT molecular complexity index is 801. The Morgan fingerprint density at radius 3 is 2.86 bits per heavy atom. The van der Waals surface area contributed by atoms with Crippen molar-refractivity contribution >= 4 is 28.4 Å². The minimum absolute atomic E-state index is 0.227. The molecule has 6 heteroatoms. The topological polar surface area (TPSA) is 96.9 Å². The molecule has 0 unspecified atom stereocenters. The molecule has 1 aromatic carbocycles. The maximum absolute atomic E-state index is 12.2. The fourth-order valence-corrected chi connectivity index (χ4v) is 2.05. The maximum Gasteiger partial charge on any atom is 0.292 e. The van der Waals surface area contributed by atoms with Gasteiger partial charge in [-0.15, -0.1) is 0 Å². The Labute approximate surface area is 121 Å². The number of nitrogens with one attached hydrogen (secondary N) is 2. The van der Waals surface area contributed by atoms with Gasteiger partial charge in [0.05, 0.1) is 0 Å². The highest BCUT2D eigenvalue weighted by molar-refractivity contribution is 6.04. The fraction of sp³-hybridized carbons (Fsp3) is 0.200. The van der Waals surface area contributed by atoms with Crippen LogP contribution in [0.2, 0.25) is 0 Å². The predicted molar refractivity (Wildman–Crippen MR) is 81.3 cm³/mol. The number of anilines is 2. The molecule has 2 aromatic heterocycles. The standard InChI is InChI=1S/C15H16N4O2/c1-8(2)11-7-14(19-18-11)17-15(20)13-6-9-5-10(16)3-4-12(9)21-13/h3-8H,16H2,1-2H3,(H2,17,18,19,20). The fourth-order valence-electron chi connectivity index (χ4n) is 2.05. The average Bonchev–Trinajstić information content (AvgIpc) is 3.04. The number of nitrogen functional groups attached to an aromatic ring is 1. The van der Waals surface area contributed by atoms with E-state index >= 15 is 0 Å². The van der Waals surface area contributed by atoms with Crippen LogP contribution >= 0.6 is 0 Å². The highest BCUT2D eigenvalue weighted by Crippen LogP contribution is 2.22. The molecule has 0 aliphatic heterocycles. The van der Waals surface area contributed by atoms with Gasteiger partial charge >= 0.3 is 0 Å². The molecule has 3 aromatic rings. The summed E-state index contributed by atoms with van der Waals surface area (Å²) in [5.74, 6) is 0.678. The lowest BCUT2D eigenvalue weighted by molar-refractivity contribution is 0.0998. The number of H-pyrrole nitrogens is 1. The second-order valence-corrected chi connectivity index (χ2v) is 5.23. The zero-order valence-corrected chi connectivity index (χ0v) is 11.8. The second-order valence-electron chi connectivity index (χ2n) is 5.23. The molecule has 21 heavy (non-hydrogen) atoms. The minimum atomic E-state index is -0.341. The van der Waals surface area contributed by atoms with Crippen LogP contribution in [-0.4, -0.2) is 16.1 Å². The molecule has 2 heterocycles. The van der Waals surface area contributed by atoms with E-state index in [1.54, 1.807) is 24.3 Å². The highest BCUT2D eigenvalue weighted by atomic mass is 16.3. The van der Waals surface area contributed by atoms with Crippen molar-refractivity contribution in [2.45, 2.75) is 19.8 Å². The molecule has 3 rings (SSSR count). The van der Waals surface area contributed by atoms with Gasteiger partial charge in [-0.2, -0.15) is 5.10 Å². The monoisotopic (exact) mass is 284 g/mol. The van der Waals surface area contributed by atoms with Crippen molar-refractivity contribution < 1.29 is 9.21 Å². The molecule has 6 nitrogen and oxygen atoms in total. The lowest BCUT2D eigenvalue weighted by atomic mass is 10.1. The van der Waals surface area contributed by atoms with Crippen molar-refractivity contribution in [3.8, 4) is 0 Å². The van der Waals surface area contributed by atoms with E-state index in [-0.39, 0.29) is 11.7 Å². The van der Waals surface area contributed by atoms with Crippen LogP contribution in [0.3, 0.4) is 0 Å². The molecule has 0 radical (unpaired) electrons. The van der Waals surface area contributed by atoms with Crippen LogP contribution in [-0.2, 0) is 0 Å². The number of aromatic nitrogens is 2. The number of aromatic amines is 1. The van der Waals surface area contributed by atoms with Crippen LogP contribution < -0.4 is 11.1 Å². The molecule has 1 amide bonds. The Kier molecular flexibility index (Phi) is 3.13. The van der Waals surface area contributed by atoms with Crippen LogP contribution in [0.1, 0.15) is 36.0 Å². The van der Waals surface area contributed by atoms with E-state index in [0.717, 1.165) is 11.1 Å². The number of carbonyl (C=O) groups excluding carboxylic acids is 1. The van der Waals surface area contributed by atoms with E-state index in [1.165, 1.54) is 0 Å². The summed E-state index contributed by atoms with van der Waals surface area (Å²) in [7, 11) is 0. The van der Waals surface area contributed by atoms with Crippen molar-refractivity contribution in [1.29, 1.82) is 0 Å². The minimum Gasteiger partial charge on any atom is -0.451 e. The third-order valence-corrected chi connectivity index (χ3v) is 3.23. The van der Waals surface area contributed by atoms with Crippen molar-refractivity contribution in [2.75, 3.05) is 11.1 Å². The summed E-state index contributed by atoms with van der Waals surface area (Å²) in [5, 5.41) is 10.4. The van der Waals surface area contributed by atoms with E-state index in [4.69, 9.17) is 10.2 Å². The number of hydrogen-bond acceptors (Lipinski definition) is 4. The van der Waals surface area contributed by atoms with Gasteiger partial charge in [0.1, 0.15) is 5.58 Å². The first kappa shape index (κ1) is 13.2. The maximum atomic E-state index is 12.2. The van der Waals surface area contributed by atoms with Crippen molar-refractivity contribution in [2.24, 2.45) is 0 Å². The summed E-state index contributed by atoms with van der Waals surface area (Å²) in [5.41, 5.74) is 7.92. The van der Waals surface area contributed by atoms with E-state index in [2.05, 4.69) is 15.5 Å². The molecule has 4 N–H and O–H groups in total. The van der Waals surface area contributed by atoms with Gasteiger partial charge < -0.3 is 15.5 Å². The Hall–Kier alpha value is -2.76. The van der Waals surface area contributed by atoms with Gasteiger partial charge in [-0.3, -0.25) is 9.89 Å². The Balaban J connectivity index is 1.82. The first-order valence-corrected chi connectivity index (χ1v) is 6.68. The summed E-state index contributed by atoms with van der Waals surface area (Å²) < 4.78 is 5.51. The molecule has 0 atom stereocenters. The van der Waals surface area contributed by atoms with E-state index in [1.807, 2.05) is 19.9 Å². The van der Waals surface area contributed by atoms with E-state index in [9.17, 15) is 4.79 Å². The first-order chi connectivity index (χ1) is 10.0. The summed E-state index contributed by atoms with van der Waals surface area (Å²) in [6.07, 6.45) is 0. The summed E-state index contributed by atoms with van der Waals surface area (Å²) in [4.78, 5) is 12.2. The zero-order chi connectivity index (χ0) is 15.0. The number of nitrogens with two attached hydrogens (primary N) is 1. The van der Waals surface area contributed by atoms with Crippen LogP contribution in [0, 0.1) is 0 Å². The molecule has 0 spiro atoms. The second kappa shape index (κ2) is 4.97. The van der Waals surface area contributed by atoms with Gasteiger partial charge in [-0.25, -0.2) is 0 Å². The number of fused-ring (bicyclic) bond motifs is 1. The smallest absolute Gasteiger partial charge is 0.292 e. The molecule has 0 saturated carbocycles. The van der Waals surface area contributed by atoms with Gasteiger partial charge in [0.25, 0.3) is 5.91 Å². The average molecular weight is 284 g/mol. The number of furan rings is 1. The molecule has 108 valence electrons. The van der Waals surface area contributed by atoms with Gasteiger partial charge in [0.15, 0.2) is 11.6 Å². The van der Waals surface area contributed by atoms with Crippen molar-refractivity contribution in [3.63, 3.8) is 0 Å². The highest BCUT2D eigenvalue weighted by Gasteiger charge is 2.14. The van der Waals surface area contributed by atoms with Crippen molar-refractivity contribution in [1.82, 2.24) is 10.2 Å². The number of carbonyl (C=O) groups is 1. The predicted octanol–water partition coefficient (Wildman–Crippen LogP) is 3.11. The molecule has 0 fully saturated rings. The third-order valence-electron chi connectivity index (χ3n) is 3.23. The molecule has 0 saturated heterocycles. The van der Waals surface area contributed by atoms with Crippen LogP contribution in [0.15, 0.2) is 34.7 Å². The Morgan fingerprint density at radius 1 is 1.33 bits per heavy atom. The third kappa shape index (κ3) is 2.60. The van der Waals surface area contributed by atoms with Gasteiger partial charge in [0.2, 0.25) is 0 Å². The molecular formula is C15H16N4O2. The lowest BCUT2D eigenvalue weighted by Gasteiger charge is -1.98. The molecule has 0 aliphatic carbocycles. The van der Waals surface area contributed by atoms with Gasteiger partial charge in [-0.1, -0.05) is 13.8 Å². The number of nitrogens with zero attached hydrogens (tertiary/aromatic N) is 1. The van der Waals surface area contributed by atoms with Crippen LogP contribution in [0.4, 0.5) is 11.5 Å². The summed E-state index contributed by atoms with van der Waals surface area (Å²) in [6.45, 7) is 4.09. The molecular weight excluding hydrogens is 268 g/mol. The summed E-state index contributed by atoms with van der Waals surface area (Å²) in [6, 6.07) is 8.71. The lowest BCUT2D eigenvalue weighted by Crippen LogP contribution is -2.10. The Morgan fingerprint density at radius 2 is 2.14 bits per heavy atom. The first-order valence-electron chi connectivity index (χ1n) is 6.68. The number of amides is 1. The largest absolute Gasteiger partial charge is 0.451 e. The number of rotatable bonds is 3. The van der Waals surface area contributed by atoms with Crippen molar-refractivity contribution in [3.05, 3.63) is 41.8 Å². The van der Waals surface area contributed by atoms with Crippen LogP contribution in [0.5, 0.6) is 0 Å². The quantitative estimate of drug-likeness (QED) is 0.644. The summed E-state index contributed by atoms with van der Waals surface area (Å²) >= 11 is 0. The molecule has 0 bridgehead atoms. The van der Waals surface area contributed by atoms with Crippen LogP contribution in [0.25, 0.3) is 11.0 Å². The van der Waals surface area contributed by atoms with Gasteiger partial charge in [-0.05, 0) is 30.2 Å². The number of hydrogen-bond donors (Lipinski definition) is 3. The normalized spacial score (nSPS) is 11.2.